The first kappa shape index (κ1) is 24.3. The molecule has 33 heavy (non-hydrogen) atoms. The SMILES string of the molecule is COc1cccc(OC)c1/C(O)=C1\C(=O)C(=O)N(CCCOC(C)C)C1c1cccc(C)c1. The van der Waals surface area contributed by atoms with Crippen LogP contribution in [0, 0.1) is 6.92 Å². The Hall–Kier alpha value is -3.32. The zero-order chi connectivity index (χ0) is 24.1. The summed E-state index contributed by atoms with van der Waals surface area (Å²) in [6, 6.07) is 11.9. The maximum absolute atomic E-state index is 13.2. The average molecular weight is 454 g/mol. The van der Waals surface area contributed by atoms with Gasteiger partial charge < -0.3 is 24.2 Å². The van der Waals surface area contributed by atoms with Crippen molar-refractivity contribution in [3.05, 3.63) is 64.7 Å². The normalized spacial score (nSPS) is 17.6. The van der Waals surface area contributed by atoms with E-state index < -0.39 is 17.7 Å². The van der Waals surface area contributed by atoms with Crippen LogP contribution in [0.3, 0.4) is 0 Å². The van der Waals surface area contributed by atoms with Crippen molar-refractivity contribution in [1.29, 1.82) is 0 Å². The van der Waals surface area contributed by atoms with Gasteiger partial charge in [0, 0.05) is 13.2 Å². The molecule has 0 aliphatic carbocycles. The van der Waals surface area contributed by atoms with Crippen molar-refractivity contribution in [2.75, 3.05) is 27.4 Å². The summed E-state index contributed by atoms with van der Waals surface area (Å²) in [7, 11) is 2.94. The Morgan fingerprint density at radius 1 is 1.06 bits per heavy atom. The van der Waals surface area contributed by atoms with Crippen molar-refractivity contribution in [3.8, 4) is 11.5 Å². The summed E-state index contributed by atoms with van der Waals surface area (Å²) in [6.07, 6.45) is 0.636. The molecule has 3 rings (SSSR count). The van der Waals surface area contributed by atoms with Crippen LogP contribution in [-0.2, 0) is 14.3 Å². The molecule has 1 saturated heterocycles. The molecule has 1 aliphatic heterocycles. The molecule has 2 aromatic carbocycles. The van der Waals surface area contributed by atoms with Crippen LogP contribution in [0.1, 0.15) is 43.0 Å². The number of ether oxygens (including phenoxy) is 3. The number of hydrogen-bond donors (Lipinski definition) is 1. The van der Waals surface area contributed by atoms with Crippen LogP contribution < -0.4 is 9.47 Å². The summed E-state index contributed by atoms with van der Waals surface area (Å²) in [5, 5.41) is 11.4. The van der Waals surface area contributed by atoms with E-state index in [9.17, 15) is 14.7 Å². The van der Waals surface area contributed by atoms with E-state index in [-0.39, 0.29) is 23.0 Å². The minimum absolute atomic E-state index is 0.0122. The highest BCUT2D eigenvalue weighted by molar-refractivity contribution is 6.46. The molecular weight excluding hydrogens is 422 g/mol. The largest absolute Gasteiger partial charge is 0.506 e. The molecule has 7 nitrogen and oxygen atoms in total. The highest BCUT2D eigenvalue weighted by atomic mass is 16.5. The molecule has 1 amide bonds. The number of aliphatic hydroxyl groups is 1. The Balaban J connectivity index is 2.14. The number of carbonyl (C=O) groups is 2. The molecule has 1 unspecified atom stereocenters. The number of aliphatic hydroxyl groups excluding tert-OH is 1. The first-order valence-corrected chi connectivity index (χ1v) is 11.0. The number of methoxy groups -OCH3 is 2. The molecule has 1 fully saturated rings. The van der Waals surface area contributed by atoms with Crippen LogP contribution in [0.25, 0.3) is 5.76 Å². The first-order valence-electron chi connectivity index (χ1n) is 11.0. The predicted octanol–water partition coefficient (Wildman–Crippen LogP) is 4.25. The van der Waals surface area contributed by atoms with Crippen molar-refractivity contribution in [1.82, 2.24) is 4.90 Å². The van der Waals surface area contributed by atoms with Crippen LogP contribution in [0.15, 0.2) is 48.0 Å². The van der Waals surface area contributed by atoms with Crippen molar-refractivity contribution in [3.63, 3.8) is 0 Å². The molecular formula is C26H31NO6. The van der Waals surface area contributed by atoms with Crippen LogP contribution >= 0.6 is 0 Å². The molecule has 1 atom stereocenters. The third-order valence-electron chi connectivity index (χ3n) is 5.56. The number of amides is 1. The lowest BCUT2D eigenvalue weighted by atomic mass is 9.94. The van der Waals surface area contributed by atoms with Gasteiger partial charge in [-0.1, -0.05) is 35.9 Å². The lowest BCUT2D eigenvalue weighted by Crippen LogP contribution is -2.31. The number of benzene rings is 2. The van der Waals surface area contributed by atoms with Crippen LogP contribution in [0.4, 0.5) is 0 Å². The standard InChI is InChI=1S/C26H31NO6/c1-16(2)33-14-8-13-27-23(18-10-6-9-17(3)15-18)22(25(29)26(27)30)24(28)21-19(31-4)11-7-12-20(21)32-5/h6-7,9-12,15-16,23,28H,8,13-14H2,1-5H3/b24-22+. The molecule has 0 saturated carbocycles. The van der Waals surface area contributed by atoms with Gasteiger partial charge in [0.25, 0.3) is 11.7 Å². The fraction of sp³-hybridized carbons (Fsp3) is 0.385. The quantitative estimate of drug-likeness (QED) is 0.264. The van der Waals surface area contributed by atoms with Gasteiger partial charge in [0.15, 0.2) is 0 Å². The van der Waals surface area contributed by atoms with Gasteiger partial charge in [-0.25, -0.2) is 0 Å². The summed E-state index contributed by atoms with van der Waals surface area (Å²) in [4.78, 5) is 27.8. The second-order valence-electron chi connectivity index (χ2n) is 8.22. The van der Waals surface area contributed by atoms with Gasteiger partial charge in [-0.2, -0.15) is 0 Å². The second-order valence-corrected chi connectivity index (χ2v) is 8.22. The zero-order valence-corrected chi connectivity index (χ0v) is 19.8. The van der Waals surface area contributed by atoms with Gasteiger partial charge in [0.05, 0.1) is 31.9 Å². The minimum atomic E-state index is -0.739. The minimum Gasteiger partial charge on any atom is -0.506 e. The van der Waals surface area contributed by atoms with E-state index in [1.54, 1.807) is 18.2 Å². The molecule has 0 bridgehead atoms. The van der Waals surface area contributed by atoms with E-state index in [0.29, 0.717) is 31.1 Å². The molecule has 2 aromatic rings. The van der Waals surface area contributed by atoms with Crippen LogP contribution in [-0.4, -0.2) is 55.2 Å². The summed E-state index contributed by atoms with van der Waals surface area (Å²) >= 11 is 0. The maximum Gasteiger partial charge on any atom is 0.295 e. The van der Waals surface area contributed by atoms with Gasteiger partial charge in [-0.3, -0.25) is 9.59 Å². The fourth-order valence-electron chi connectivity index (χ4n) is 4.07. The predicted molar refractivity (Wildman–Crippen MR) is 125 cm³/mol. The Morgan fingerprint density at radius 3 is 2.27 bits per heavy atom. The fourth-order valence-corrected chi connectivity index (χ4v) is 4.07. The number of carbonyl (C=O) groups excluding carboxylic acids is 2. The van der Waals surface area contributed by atoms with Crippen LogP contribution in [0.5, 0.6) is 11.5 Å². The first-order chi connectivity index (χ1) is 15.8. The summed E-state index contributed by atoms with van der Waals surface area (Å²) in [5.74, 6) is -1.04. The zero-order valence-electron chi connectivity index (χ0n) is 19.8. The van der Waals surface area contributed by atoms with E-state index >= 15 is 0 Å². The van der Waals surface area contributed by atoms with Crippen molar-refractivity contribution in [2.45, 2.75) is 39.3 Å². The van der Waals surface area contributed by atoms with E-state index in [0.717, 1.165) is 11.1 Å². The molecule has 1 heterocycles. The topological polar surface area (TPSA) is 85.3 Å². The molecule has 176 valence electrons. The van der Waals surface area contributed by atoms with Gasteiger partial charge in [0.2, 0.25) is 0 Å². The molecule has 0 spiro atoms. The number of rotatable bonds is 9. The number of ketones is 1. The highest BCUT2D eigenvalue weighted by Crippen LogP contribution is 2.43. The summed E-state index contributed by atoms with van der Waals surface area (Å²) < 4.78 is 16.4. The van der Waals surface area contributed by atoms with Gasteiger partial charge >= 0.3 is 0 Å². The average Bonchev–Trinajstić information content (AvgIpc) is 3.05. The molecule has 0 radical (unpaired) electrons. The summed E-state index contributed by atoms with van der Waals surface area (Å²) in [6.45, 7) is 6.60. The molecule has 0 aromatic heterocycles. The highest BCUT2D eigenvalue weighted by Gasteiger charge is 2.46. The molecule has 1 N–H and O–H groups in total. The number of Topliss-reactive ketones (excluding diaryl/α,β-unsaturated/α-hetero) is 1. The number of nitrogens with zero attached hydrogens (tertiary/aromatic N) is 1. The Bertz CT molecular complexity index is 1040. The number of likely N-dealkylation sites (tertiary alicyclic amines) is 1. The second kappa shape index (κ2) is 10.5. The monoisotopic (exact) mass is 453 g/mol. The third-order valence-corrected chi connectivity index (χ3v) is 5.56. The van der Waals surface area contributed by atoms with E-state index in [1.165, 1.54) is 19.1 Å². The Kier molecular flexibility index (Phi) is 7.76. The summed E-state index contributed by atoms with van der Waals surface area (Å²) in [5.41, 5.74) is 1.98. The third kappa shape index (κ3) is 5.03. The maximum atomic E-state index is 13.2. The van der Waals surface area contributed by atoms with Gasteiger partial charge in [-0.15, -0.1) is 0 Å². The lowest BCUT2D eigenvalue weighted by molar-refractivity contribution is -0.140. The smallest absolute Gasteiger partial charge is 0.295 e. The number of hydrogen-bond acceptors (Lipinski definition) is 6. The lowest BCUT2D eigenvalue weighted by Gasteiger charge is -2.26. The van der Waals surface area contributed by atoms with Gasteiger partial charge in [0.1, 0.15) is 22.8 Å². The van der Waals surface area contributed by atoms with Crippen LogP contribution in [0.2, 0.25) is 0 Å². The molecule has 1 aliphatic rings. The number of aryl methyl sites for hydroxylation is 1. The van der Waals surface area contributed by atoms with E-state index in [4.69, 9.17) is 14.2 Å². The Labute approximate surface area is 194 Å². The Morgan fingerprint density at radius 2 is 1.70 bits per heavy atom. The van der Waals surface area contributed by atoms with Gasteiger partial charge in [-0.05, 0) is 44.9 Å². The van der Waals surface area contributed by atoms with Crippen molar-refractivity contribution in [2.24, 2.45) is 0 Å². The molecule has 7 heteroatoms. The van der Waals surface area contributed by atoms with Crippen molar-refractivity contribution >= 4 is 17.4 Å². The van der Waals surface area contributed by atoms with Crippen molar-refractivity contribution < 1.29 is 28.9 Å². The van der Waals surface area contributed by atoms with E-state index in [1.807, 2.05) is 45.0 Å². The van der Waals surface area contributed by atoms with E-state index in [2.05, 4.69) is 0 Å².